The van der Waals surface area contributed by atoms with Crippen LogP contribution in [0.3, 0.4) is 0 Å². The Kier molecular flexibility index (Phi) is 5.76. The molecule has 0 aromatic heterocycles. The molecule has 2 aromatic carbocycles. The Bertz CT molecular complexity index is 879. The van der Waals surface area contributed by atoms with E-state index in [9.17, 15) is 14.0 Å². The van der Waals surface area contributed by atoms with Gasteiger partial charge in [-0.1, -0.05) is 18.2 Å². The number of nitrogens with zero attached hydrogens (tertiary/aromatic N) is 2. The molecule has 0 aliphatic carbocycles. The molecule has 152 valence electrons. The van der Waals surface area contributed by atoms with Gasteiger partial charge in [0.25, 0.3) is 5.91 Å². The third kappa shape index (κ3) is 4.56. The highest BCUT2D eigenvalue weighted by molar-refractivity contribution is 5.94. The van der Waals surface area contributed by atoms with Crippen LogP contribution in [0.15, 0.2) is 48.5 Å². The summed E-state index contributed by atoms with van der Waals surface area (Å²) in [5, 5.41) is 3.11. The summed E-state index contributed by atoms with van der Waals surface area (Å²) >= 11 is 0. The van der Waals surface area contributed by atoms with Crippen molar-refractivity contribution in [1.82, 2.24) is 15.1 Å². The van der Waals surface area contributed by atoms with E-state index in [-0.39, 0.29) is 23.7 Å². The summed E-state index contributed by atoms with van der Waals surface area (Å²) in [6.07, 6.45) is 0.753. The Balaban J connectivity index is 1.27. The third-order valence-corrected chi connectivity index (χ3v) is 5.41. The van der Waals surface area contributed by atoms with Crippen molar-refractivity contribution < 1.29 is 18.7 Å². The molecule has 1 saturated heterocycles. The Labute approximate surface area is 169 Å². The number of halogens is 1. The van der Waals surface area contributed by atoms with Crippen LogP contribution in [0, 0.1) is 5.82 Å². The second-order valence-electron chi connectivity index (χ2n) is 7.37. The number of amides is 2. The molecule has 2 heterocycles. The largest absolute Gasteiger partial charge is 0.493 e. The smallest absolute Gasteiger partial charge is 0.253 e. The molecule has 2 aliphatic rings. The van der Waals surface area contributed by atoms with Crippen molar-refractivity contribution in [3.8, 4) is 5.75 Å². The molecule has 0 saturated carbocycles. The zero-order chi connectivity index (χ0) is 20.2. The molecule has 1 atom stereocenters. The van der Waals surface area contributed by atoms with Crippen LogP contribution in [0.2, 0.25) is 0 Å². The first-order chi connectivity index (χ1) is 14.1. The van der Waals surface area contributed by atoms with Gasteiger partial charge in [0.2, 0.25) is 5.91 Å². The van der Waals surface area contributed by atoms with E-state index >= 15 is 0 Å². The zero-order valence-corrected chi connectivity index (χ0v) is 16.1. The average Bonchev–Trinajstić information content (AvgIpc) is 2.74. The number of ether oxygens (including phenoxy) is 1. The number of piperazine rings is 1. The molecule has 0 spiro atoms. The first kappa shape index (κ1) is 19.4. The Hall–Kier alpha value is -2.93. The number of para-hydroxylation sites is 1. The molecule has 2 aliphatic heterocycles. The number of hydrogen-bond donors (Lipinski definition) is 1. The van der Waals surface area contributed by atoms with Crippen molar-refractivity contribution >= 4 is 11.8 Å². The first-order valence-electron chi connectivity index (χ1n) is 9.88. The summed E-state index contributed by atoms with van der Waals surface area (Å²) in [5.74, 6) is 0.347. The summed E-state index contributed by atoms with van der Waals surface area (Å²) in [4.78, 5) is 28.9. The monoisotopic (exact) mass is 397 g/mol. The van der Waals surface area contributed by atoms with Gasteiger partial charge in [-0.15, -0.1) is 0 Å². The molecule has 0 bridgehead atoms. The van der Waals surface area contributed by atoms with Crippen LogP contribution in [0.4, 0.5) is 4.39 Å². The van der Waals surface area contributed by atoms with Crippen molar-refractivity contribution in [3.63, 3.8) is 0 Å². The number of benzene rings is 2. The number of carbonyl (C=O) groups excluding carboxylic acids is 2. The van der Waals surface area contributed by atoms with Crippen molar-refractivity contribution in [2.75, 3.05) is 39.3 Å². The van der Waals surface area contributed by atoms with Gasteiger partial charge in [0.05, 0.1) is 19.2 Å². The van der Waals surface area contributed by atoms with Crippen LogP contribution < -0.4 is 10.1 Å². The number of hydrogen-bond acceptors (Lipinski definition) is 4. The van der Waals surface area contributed by atoms with E-state index in [1.165, 1.54) is 24.3 Å². The van der Waals surface area contributed by atoms with Crippen molar-refractivity contribution in [2.45, 2.75) is 12.5 Å². The Morgan fingerprint density at radius 1 is 1.03 bits per heavy atom. The maximum Gasteiger partial charge on any atom is 0.253 e. The van der Waals surface area contributed by atoms with E-state index in [0.717, 1.165) is 17.7 Å². The summed E-state index contributed by atoms with van der Waals surface area (Å²) in [7, 11) is 0. The quantitative estimate of drug-likeness (QED) is 0.860. The van der Waals surface area contributed by atoms with Crippen LogP contribution in [-0.4, -0.2) is 60.9 Å². The molecule has 1 N–H and O–H groups in total. The predicted molar refractivity (Wildman–Crippen MR) is 106 cm³/mol. The lowest BCUT2D eigenvalue weighted by atomic mass is 10.0. The number of carbonyl (C=O) groups is 2. The molecule has 1 unspecified atom stereocenters. The first-order valence-corrected chi connectivity index (χ1v) is 9.88. The summed E-state index contributed by atoms with van der Waals surface area (Å²) in [6, 6.07) is 13.3. The highest BCUT2D eigenvalue weighted by Crippen LogP contribution is 2.31. The van der Waals surface area contributed by atoms with Crippen LogP contribution in [-0.2, 0) is 4.79 Å². The van der Waals surface area contributed by atoms with E-state index in [0.29, 0.717) is 44.9 Å². The minimum atomic E-state index is -0.357. The predicted octanol–water partition coefficient (Wildman–Crippen LogP) is 2.22. The number of nitrogens with one attached hydrogen (secondary N) is 1. The fourth-order valence-electron chi connectivity index (χ4n) is 3.82. The number of rotatable bonds is 4. The Morgan fingerprint density at radius 2 is 1.76 bits per heavy atom. The maximum absolute atomic E-state index is 13.0. The zero-order valence-electron chi connectivity index (χ0n) is 16.1. The molecule has 2 aromatic rings. The topological polar surface area (TPSA) is 61.9 Å². The third-order valence-electron chi connectivity index (χ3n) is 5.41. The lowest BCUT2D eigenvalue weighted by Crippen LogP contribution is -2.51. The van der Waals surface area contributed by atoms with Crippen LogP contribution in [0.25, 0.3) is 0 Å². The highest BCUT2D eigenvalue weighted by Gasteiger charge is 2.26. The lowest BCUT2D eigenvalue weighted by Gasteiger charge is -2.35. The fourth-order valence-corrected chi connectivity index (χ4v) is 3.82. The average molecular weight is 397 g/mol. The number of fused-ring (bicyclic) bond motifs is 1. The summed E-state index contributed by atoms with van der Waals surface area (Å²) in [5.41, 5.74) is 1.50. The highest BCUT2D eigenvalue weighted by atomic mass is 19.1. The van der Waals surface area contributed by atoms with Crippen LogP contribution in [0.1, 0.15) is 28.4 Å². The molecule has 29 heavy (non-hydrogen) atoms. The van der Waals surface area contributed by atoms with Crippen molar-refractivity contribution in [1.29, 1.82) is 0 Å². The van der Waals surface area contributed by atoms with E-state index in [1.54, 1.807) is 4.90 Å². The van der Waals surface area contributed by atoms with E-state index in [4.69, 9.17) is 4.74 Å². The molecule has 6 nitrogen and oxygen atoms in total. The van der Waals surface area contributed by atoms with Crippen molar-refractivity contribution in [2.24, 2.45) is 0 Å². The lowest BCUT2D eigenvalue weighted by molar-refractivity contribution is -0.123. The van der Waals surface area contributed by atoms with Gasteiger partial charge in [-0.25, -0.2) is 4.39 Å². The minimum absolute atomic E-state index is 0.0231. The molecule has 1 fully saturated rings. The Morgan fingerprint density at radius 3 is 2.52 bits per heavy atom. The molecular weight excluding hydrogens is 373 g/mol. The second kappa shape index (κ2) is 8.61. The maximum atomic E-state index is 13.0. The van der Waals surface area contributed by atoms with Gasteiger partial charge < -0.3 is 15.0 Å². The molecule has 4 rings (SSSR count). The summed E-state index contributed by atoms with van der Waals surface area (Å²) in [6.45, 7) is 3.24. The van der Waals surface area contributed by atoms with Gasteiger partial charge in [-0.05, 0) is 30.3 Å². The van der Waals surface area contributed by atoms with Crippen LogP contribution >= 0.6 is 0 Å². The normalized spacial score (nSPS) is 19.2. The molecular formula is C22H24FN3O3. The van der Waals surface area contributed by atoms with Gasteiger partial charge in [0, 0.05) is 43.7 Å². The van der Waals surface area contributed by atoms with Crippen molar-refractivity contribution in [3.05, 3.63) is 65.5 Å². The van der Waals surface area contributed by atoms with E-state index in [2.05, 4.69) is 10.2 Å². The molecule has 2 amide bonds. The minimum Gasteiger partial charge on any atom is -0.493 e. The molecule has 0 radical (unpaired) electrons. The van der Waals surface area contributed by atoms with Gasteiger partial charge >= 0.3 is 0 Å². The van der Waals surface area contributed by atoms with Gasteiger partial charge in [0.1, 0.15) is 11.6 Å². The standard InChI is InChI=1S/C22H24FN3O3/c23-17-7-5-16(6-8-17)22(28)26-12-10-25(11-13-26)15-21(27)24-19-9-14-29-20-4-2-1-3-18(19)20/h1-8,19H,9-15H2,(H,24,27). The van der Waals surface area contributed by atoms with Gasteiger partial charge in [-0.3, -0.25) is 14.5 Å². The van der Waals surface area contributed by atoms with E-state index in [1.807, 2.05) is 24.3 Å². The van der Waals surface area contributed by atoms with Gasteiger partial charge in [0.15, 0.2) is 0 Å². The fraction of sp³-hybridized carbons (Fsp3) is 0.364. The summed E-state index contributed by atoms with van der Waals surface area (Å²) < 4.78 is 18.7. The molecule has 7 heteroatoms. The van der Waals surface area contributed by atoms with E-state index < -0.39 is 0 Å². The van der Waals surface area contributed by atoms with Gasteiger partial charge in [-0.2, -0.15) is 0 Å². The second-order valence-corrected chi connectivity index (χ2v) is 7.37. The SMILES string of the molecule is O=C(CN1CCN(C(=O)c2ccc(F)cc2)CC1)NC1CCOc2ccccc21. The van der Waals surface area contributed by atoms with Crippen LogP contribution in [0.5, 0.6) is 5.75 Å².